The molecule has 19 heavy (non-hydrogen) atoms. The maximum absolute atomic E-state index is 12.1. The summed E-state index contributed by atoms with van der Waals surface area (Å²) in [6.45, 7) is 1.90. The van der Waals surface area contributed by atoms with Crippen LogP contribution >= 0.6 is 11.8 Å². The Bertz CT molecular complexity index is 513. The maximum Gasteiger partial charge on any atom is 0.215 e. The molecule has 1 aliphatic heterocycles. The van der Waals surface area contributed by atoms with E-state index in [2.05, 4.69) is 0 Å². The number of nitrogen functional groups attached to an aromatic ring is 1. The van der Waals surface area contributed by atoms with Gasteiger partial charge in [0.05, 0.1) is 19.0 Å². The fraction of sp³-hybridized carbons (Fsp3) is 0.500. The van der Waals surface area contributed by atoms with E-state index in [0.29, 0.717) is 37.7 Å². The lowest BCUT2D eigenvalue weighted by atomic mass is 10.3. The highest BCUT2D eigenvalue weighted by Gasteiger charge is 2.23. The van der Waals surface area contributed by atoms with Gasteiger partial charge in [-0.15, -0.1) is 11.8 Å². The van der Waals surface area contributed by atoms with Gasteiger partial charge in [-0.25, -0.2) is 8.42 Å². The number of nitrogens with zero attached hydrogens (tertiary/aromatic N) is 1. The molecular weight excluding hydrogens is 284 g/mol. The molecule has 0 spiro atoms. The second kappa shape index (κ2) is 6.60. The summed E-state index contributed by atoms with van der Waals surface area (Å²) in [5.74, 6) is 0.676. The third kappa shape index (κ3) is 4.38. The molecule has 0 amide bonds. The fourth-order valence-corrected chi connectivity index (χ4v) is 4.59. The number of thioether (sulfide) groups is 1. The van der Waals surface area contributed by atoms with Crippen molar-refractivity contribution in [1.29, 1.82) is 0 Å². The molecule has 7 heteroatoms. The Morgan fingerprint density at radius 2 is 2.05 bits per heavy atom. The first kappa shape index (κ1) is 14.6. The average molecular weight is 302 g/mol. The minimum Gasteiger partial charge on any atom is -0.399 e. The van der Waals surface area contributed by atoms with Crippen LogP contribution in [0.15, 0.2) is 29.2 Å². The van der Waals surface area contributed by atoms with Gasteiger partial charge in [0.15, 0.2) is 0 Å². The number of rotatable bonds is 5. The minimum atomic E-state index is -3.16. The van der Waals surface area contributed by atoms with E-state index in [1.54, 1.807) is 0 Å². The third-order valence-corrected chi connectivity index (χ3v) is 5.96. The topological polar surface area (TPSA) is 72.6 Å². The highest BCUT2D eigenvalue weighted by atomic mass is 32.2. The van der Waals surface area contributed by atoms with Crippen LogP contribution in [0, 0.1) is 0 Å². The summed E-state index contributed by atoms with van der Waals surface area (Å²) in [6.07, 6.45) is 0. The van der Waals surface area contributed by atoms with Crippen molar-refractivity contribution in [3.63, 3.8) is 0 Å². The monoisotopic (exact) mass is 302 g/mol. The Labute approximate surface area is 118 Å². The number of hydrogen-bond donors (Lipinski definition) is 1. The summed E-state index contributed by atoms with van der Waals surface area (Å²) in [7, 11) is -3.16. The highest BCUT2D eigenvalue weighted by molar-refractivity contribution is 8.00. The molecule has 1 aliphatic rings. The van der Waals surface area contributed by atoms with E-state index in [0.717, 1.165) is 4.90 Å². The Morgan fingerprint density at radius 3 is 2.74 bits per heavy atom. The Kier molecular flexibility index (Phi) is 5.09. The van der Waals surface area contributed by atoms with Gasteiger partial charge in [-0.2, -0.15) is 4.31 Å². The van der Waals surface area contributed by atoms with Gasteiger partial charge in [0.25, 0.3) is 0 Å². The number of hydrogen-bond acceptors (Lipinski definition) is 5. The van der Waals surface area contributed by atoms with Crippen LogP contribution in [0.5, 0.6) is 0 Å². The number of ether oxygens (including phenoxy) is 1. The molecule has 1 heterocycles. The molecular formula is C12H18N2O3S2. The van der Waals surface area contributed by atoms with Gasteiger partial charge >= 0.3 is 0 Å². The summed E-state index contributed by atoms with van der Waals surface area (Å²) in [5, 5.41) is 0. The normalized spacial score (nSPS) is 17.5. The van der Waals surface area contributed by atoms with E-state index in [4.69, 9.17) is 10.5 Å². The van der Waals surface area contributed by atoms with Gasteiger partial charge in [-0.1, -0.05) is 6.07 Å². The van der Waals surface area contributed by atoms with Crippen molar-refractivity contribution in [2.45, 2.75) is 4.90 Å². The zero-order valence-corrected chi connectivity index (χ0v) is 12.3. The molecule has 1 aromatic rings. The molecule has 1 saturated heterocycles. The molecule has 0 bridgehead atoms. The van der Waals surface area contributed by atoms with E-state index in [1.807, 2.05) is 24.3 Å². The lowest BCUT2D eigenvalue weighted by Crippen LogP contribution is -2.42. The minimum absolute atomic E-state index is 0.145. The summed E-state index contributed by atoms with van der Waals surface area (Å²) in [5.41, 5.74) is 6.37. The molecule has 5 nitrogen and oxygen atoms in total. The Hall–Kier alpha value is -0.760. The summed E-state index contributed by atoms with van der Waals surface area (Å²) in [6, 6.07) is 7.47. The molecule has 0 atom stereocenters. The highest BCUT2D eigenvalue weighted by Crippen LogP contribution is 2.20. The zero-order valence-electron chi connectivity index (χ0n) is 10.6. The summed E-state index contributed by atoms with van der Waals surface area (Å²) >= 11 is 1.51. The molecule has 2 rings (SSSR count). The lowest BCUT2D eigenvalue weighted by molar-refractivity contribution is 0.0731. The van der Waals surface area contributed by atoms with Crippen molar-refractivity contribution in [2.24, 2.45) is 0 Å². The number of anilines is 1. The number of morpholine rings is 1. The largest absolute Gasteiger partial charge is 0.399 e. The van der Waals surface area contributed by atoms with Gasteiger partial charge < -0.3 is 10.5 Å². The van der Waals surface area contributed by atoms with Crippen LogP contribution in [0.2, 0.25) is 0 Å². The second-order valence-electron chi connectivity index (χ2n) is 4.25. The van der Waals surface area contributed by atoms with Crippen molar-refractivity contribution in [1.82, 2.24) is 4.31 Å². The van der Waals surface area contributed by atoms with E-state index >= 15 is 0 Å². The smallest absolute Gasteiger partial charge is 0.215 e. The molecule has 0 radical (unpaired) electrons. The van der Waals surface area contributed by atoms with E-state index in [9.17, 15) is 8.42 Å². The molecule has 106 valence electrons. The Balaban J connectivity index is 1.84. The van der Waals surface area contributed by atoms with Crippen LogP contribution in [0.1, 0.15) is 0 Å². The number of nitrogens with two attached hydrogens (primary N) is 1. The molecule has 0 saturated carbocycles. The van der Waals surface area contributed by atoms with Crippen LogP contribution in [0.3, 0.4) is 0 Å². The van der Waals surface area contributed by atoms with Crippen LogP contribution in [0.4, 0.5) is 5.69 Å². The van der Waals surface area contributed by atoms with Gasteiger partial charge in [-0.3, -0.25) is 0 Å². The van der Waals surface area contributed by atoms with E-state index < -0.39 is 10.0 Å². The lowest BCUT2D eigenvalue weighted by Gasteiger charge is -2.25. The number of benzene rings is 1. The summed E-state index contributed by atoms with van der Waals surface area (Å²) in [4.78, 5) is 0.997. The first-order valence-electron chi connectivity index (χ1n) is 6.12. The molecule has 0 aromatic heterocycles. The first-order chi connectivity index (χ1) is 9.08. The van der Waals surface area contributed by atoms with Crippen LogP contribution in [-0.4, -0.2) is 50.5 Å². The predicted octanol–water partition coefficient (Wildman–Crippen LogP) is 1.02. The van der Waals surface area contributed by atoms with Crippen LogP contribution in [-0.2, 0) is 14.8 Å². The van der Waals surface area contributed by atoms with Crippen molar-refractivity contribution >= 4 is 27.5 Å². The zero-order chi connectivity index (χ0) is 13.7. The average Bonchev–Trinajstić information content (AvgIpc) is 2.40. The summed E-state index contributed by atoms with van der Waals surface area (Å²) < 4.78 is 30.8. The van der Waals surface area contributed by atoms with Gasteiger partial charge in [0, 0.05) is 29.4 Å². The van der Waals surface area contributed by atoms with Gasteiger partial charge in [-0.05, 0) is 18.2 Å². The standard InChI is InChI=1S/C12H18N2O3S2/c13-11-2-1-3-12(10-11)18-8-9-19(15,16)14-4-6-17-7-5-14/h1-3,10H,4-9,13H2. The van der Waals surface area contributed by atoms with Gasteiger partial charge in [0.1, 0.15) is 0 Å². The third-order valence-electron chi connectivity index (χ3n) is 2.83. The van der Waals surface area contributed by atoms with E-state index in [1.165, 1.54) is 16.1 Å². The van der Waals surface area contributed by atoms with Crippen LogP contribution < -0.4 is 5.73 Å². The molecule has 0 aliphatic carbocycles. The van der Waals surface area contributed by atoms with Crippen molar-refractivity contribution < 1.29 is 13.2 Å². The molecule has 0 unspecified atom stereocenters. The first-order valence-corrected chi connectivity index (χ1v) is 8.71. The SMILES string of the molecule is Nc1cccc(SCCS(=O)(=O)N2CCOCC2)c1. The van der Waals surface area contributed by atoms with Crippen molar-refractivity contribution in [3.8, 4) is 0 Å². The van der Waals surface area contributed by atoms with E-state index in [-0.39, 0.29) is 5.75 Å². The van der Waals surface area contributed by atoms with Crippen LogP contribution in [0.25, 0.3) is 0 Å². The quantitative estimate of drug-likeness (QED) is 0.649. The van der Waals surface area contributed by atoms with Crippen molar-refractivity contribution in [3.05, 3.63) is 24.3 Å². The molecule has 1 aromatic carbocycles. The van der Waals surface area contributed by atoms with Crippen molar-refractivity contribution in [2.75, 3.05) is 43.5 Å². The number of sulfonamides is 1. The molecule has 1 fully saturated rings. The molecule has 2 N–H and O–H groups in total. The second-order valence-corrected chi connectivity index (χ2v) is 7.51. The van der Waals surface area contributed by atoms with Gasteiger partial charge in [0.2, 0.25) is 10.0 Å². The Morgan fingerprint density at radius 1 is 1.32 bits per heavy atom. The maximum atomic E-state index is 12.1. The fourth-order valence-electron chi connectivity index (χ4n) is 1.82. The predicted molar refractivity (Wildman–Crippen MR) is 77.8 cm³/mol.